The van der Waals surface area contributed by atoms with E-state index in [4.69, 9.17) is 15.2 Å². The maximum Gasteiger partial charge on any atom is 0.147 e. The largest absolute Gasteiger partial charge is 0.491 e. The van der Waals surface area contributed by atoms with Gasteiger partial charge in [-0.05, 0) is 30.7 Å². The molecule has 0 saturated carbocycles. The molecule has 3 N–H and O–H groups in total. The number of ether oxygens (including phenoxy) is 2. The summed E-state index contributed by atoms with van der Waals surface area (Å²) in [6, 6.07) is 13.3. The van der Waals surface area contributed by atoms with Gasteiger partial charge in [-0.2, -0.15) is 0 Å². The number of anilines is 2. The van der Waals surface area contributed by atoms with Crippen molar-refractivity contribution in [1.82, 2.24) is 0 Å². The molecule has 0 saturated heterocycles. The first-order chi connectivity index (χ1) is 10.8. The van der Waals surface area contributed by atoms with E-state index in [2.05, 4.69) is 17.2 Å². The number of para-hydroxylation sites is 2. The Hall–Kier alpha value is -2.69. The van der Waals surface area contributed by atoms with Gasteiger partial charge < -0.3 is 20.5 Å². The minimum atomic E-state index is 0.374. The third kappa shape index (κ3) is 3.14. The normalized spacial score (nSPS) is 12.9. The molecule has 1 heterocycles. The van der Waals surface area contributed by atoms with Crippen LogP contribution in [0.4, 0.5) is 17.1 Å². The predicted octanol–water partition coefficient (Wildman–Crippen LogP) is 3.59. The maximum absolute atomic E-state index is 5.75. The molecule has 3 rings (SSSR count). The van der Waals surface area contributed by atoms with Crippen LogP contribution < -0.4 is 20.5 Å². The molecule has 5 heteroatoms. The first kappa shape index (κ1) is 14.3. The van der Waals surface area contributed by atoms with Crippen LogP contribution in [0.3, 0.4) is 0 Å². The number of nitrogens with two attached hydrogens (primary N) is 1. The van der Waals surface area contributed by atoms with Gasteiger partial charge in [-0.15, -0.1) is 0 Å². The van der Waals surface area contributed by atoms with E-state index in [1.54, 1.807) is 6.07 Å². The average molecular weight is 297 g/mol. The lowest BCUT2D eigenvalue weighted by Gasteiger charge is -2.19. The molecule has 2 aromatic carbocycles. The van der Waals surface area contributed by atoms with Gasteiger partial charge in [-0.3, -0.25) is 0 Å². The summed E-state index contributed by atoms with van der Waals surface area (Å²) in [6.07, 6.45) is 0.965. The molecule has 0 bridgehead atoms. The molecule has 1 aliphatic heterocycles. The zero-order chi connectivity index (χ0) is 15.4. The number of benzene rings is 2. The first-order valence-electron chi connectivity index (χ1n) is 7.35. The summed E-state index contributed by atoms with van der Waals surface area (Å²) in [7, 11) is 0. The first-order valence-corrected chi connectivity index (χ1v) is 7.35. The van der Waals surface area contributed by atoms with Gasteiger partial charge in [0.05, 0.1) is 12.3 Å². The Morgan fingerprint density at radius 1 is 1.27 bits per heavy atom. The zero-order valence-electron chi connectivity index (χ0n) is 12.5. The summed E-state index contributed by atoms with van der Waals surface area (Å²) in [6.45, 7) is 3.14. The second-order valence-electron chi connectivity index (χ2n) is 5.04. The lowest BCUT2D eigenvalue weighted by Crippen LogP contribution is -2.23. The number of rotatable bonds is 4. The quantitative estimate of drug-likeness (QED) is 0.846. The van der Waals surface area contributed by atoms with Crippen LogP contribution in [0, 0.1) is 0 Å². The molecule has 0 unspecified atom stereocenters. The average Bonchev–Trinajstić information content (AvgIpc) is 2.54. The van der Waals surface area contributed by atoms with Crippen molar-refractivity contribution in [3.8, 4) is 11.5 Å². The van der Waals surface area contributed by atoms with E-state index in [1.807, 2.05) is 36.4 Å². The van der Waals surface area contributed by atoms with Crippen LogP contribution in [0.5, 0.6) is 11.5 Å². The SMILES string of the molecule is CCCOc1ccccc1NC1=Nc2ccc(N)cc2OC1. The highest BCUT2D eigenvalue weighted by molar-refractivity contribution is 6.00. The highest BCUT2D eigenvalue weighted by Gasteiger charge is 2.14. The summed E-state index contributed by atoms with van der Waals surface area (Å²) in [4.78, 5) is 4.57. The Balaban J connectivity index is 1.81. The van der Waals surface area contributed by atoms with Gasteiger partial charge >= 0.3 is 0 Å². The monoisotopic (exact) mass is 297 g/mol. The molecule has 22 heavy (non-hydrogen) atoms. The van der Waals surface area contributed by atoms with E-state index in [1.165, 1.54) is 0 Å². The van der Waals surface area contributed by atoms with E-state index >= 15 is 0 Å². The highest BCUT2D eigenvalue weighted by atomic mass is 16.5. The Morgan fingerprint density at radius 2 is 2.14 bits per heavy atom. The van der Waals surface area contributed by atoms with E-state index in [0.29, 0.717) is 24.7 Å². The molecule has 0 aliphatic carbocycles. The lowest BCUT2D eigenvalue weighted by atomic mass is 10.2. The van der Waals surface area contributed by atoms with E-state index in [9.17, 15) is 0 Å². The van der Waals surface area contributed by atoms with Crippen LogP contribution in [0.15, 0.2) is 47.5 Å². The van der Waals surface area contributed by atoms with Crippen molar-refractivity contribution in [3.05, 3.63) is 42.5 Å². The van der Waals surface area contributed by atoms with Gasteiger partial charge in [0, 0.05) is 11.8 Å². The van der Waals surface area contributed by atoms with Crippen LogP contribution in [0.1, 0.15) is 13.3 Å². The molecular weight excluding hydrogens is 278 g/mol. The molecular formula is C17H19N3O2. The minimum absolute atomic E-state index is 0.374. The summed E-state index contributed by atoms with van der Waals surface area (Å²) in [5.74, 6) is 2.26. The Labute approximate surface area is 129 Å². The molecule has 0 fully saturated rings. The van der Waals surface area contributed by atoms with Crippen LogP contribution in [0.2, 0.25) is 0 Å². The molecule has 0 amide bonds. The lowest BCUT2D eigenvalue weighted by molar-refractivity contribution is 0.319. The molecule has 0 atom stereocenters. The van der Waals surface area contributed by atoms with Crippen molar-refractivity contribution in [1.29, 1.82) is 0 Å². The number of hydrogen-bond donors (Lipinski definition) is 2. The molecule has 0 aromatic heterocycles. The number of fused-ring (bicyclic) bond motifs is 1. The highest BCUT2D eigenvalue weighted by Crippen LogP contribution is 2.33. The molecule has 114 valence electrons. The number of nitrogen functional groups attached to an aromatic ring is 1. The second kappa shape index (κ2) is 6.39. The summed E-state index contributed by atoms with van der Waals surface area (Å²) in [5, 5.41) is 3.28. The van der Waals surface area contributed by atoms with Gasteiger partial charge in [0.15, 0.2) is 0 Å². The smallest absolute Gasteiger partial charge is 0.147 e. The van der Waals surface area contributed by atoms with Crippen molar-refractivity contribution < 1.29 is 9.47 Å². The summed E-state index contributed by atoms with van der Waals surface area (Å²) >= 11 is 0. The van der Waals surface area contributed by atoms with Gasteiger partial charge in [-0.1, -0.05) is 19.1 Å². The number of hydrogen-bond acceptors (Lipinski definition) is 5. The molecule has 1 aliphatic rings. The zero-order valence-corrected chi connectivity index (χ0v) is 12.5. The summed E-state index contributed by atoms with van der Waals surface area (Å²) in [5.41, 5.74) is 8.08. The predicted molar refractivity (Wildman–Crippen MR) is 89.3 cm³/mol. The maximum atomic E-state index is 5.75. The Kier molecular flexibility index (Phi) is 4.14. The van der Waals surface area contributed by atoms with Crippen molar-refractivity contribution in [2.24, 2.45) is 4.99 Å². The molecule has 0 spiro atoms. The Morgan fingerprint density at radius 3 is 3.00 bits per heavy atom. The fraction of sp³-hybridized carbons (Fsp3) is 0.235. The number of aliphatic imine (C=N–C) groups is 1. The minimum Gasteiger partial charge on any atom is -0.491 e. The van der Waals surface area contributed by atoms with Crippen molar-refractivity contribution in [2.75, 3.05) is 24.3 Å². The number of amidine groups is 1. The van der Waals surface area contributed by atoms with Crippen molar-refractivity contribution >= 4 is 22.9 Å². The topological polar surface area (TPSA) is 68.9 Å². The third-order valence-electron chi connectivity index (χ3n) is 3.23. The molecule has 2 aromatic rings. The van der Waals surface area contributed by atoms with E-state index in [-0.39, 0.29) is 0 Å². The molecule has 5 nitrogen and oxygen atoms in total. The fourth-order valence-electron chi connectivity index (χ4n) is 2.19. The van der Waals surface area contributed by atoms with Crippen molar-refractivity contribution in [3.63, 3.8) is 0 Å². The molecule has 0 radical (unpaired) electrons. The van der Waals surface area contributed by atoms with E-state index < -0.39 is 0 Å². The standard InChI is InChI=1S/C17H19N3O2/c1-2-9-21-15-6-4-3-5-13(15)19-17-11-22-16-10-12(18)7-8-14(16)20-17/h3-8,10H,2,9,11,18H2,1H3,(H,19,20). The summed E-state index contributed by atoms with van der Waals surface area (Å²) < 4.78 is 11.4. The van der Waals surface area contributed by atoms with Crippen LogP contribution in [0.25, 0.3) is 0 Å². The van der Waals surface area contributed by atoms with E-state index in [0.717, 1.165) is 29.4 Å². The van der Waals surface area contributed by atoms with Gasteiger partial charge in [0.2, 0.25) is 0 Å². The van der Waals surface area contributed by atoms with Gasteiger partial charge in [0.25, 0.3) is 0 Å². The fourth-order valence-corrected chi connectivity index (χ4v) is 2.19. The van der Waals surface area contributed by atoms with Crippen molar-refractivity contribution in [2.45, 2.75) is 13.3 Å². The van der Waals surface area contributed by atoms with Crippen LogP contribution in [-0.4, -0.2) is 19.0 Å². The Bertz CT molecular complexity index is 698. The van der Waals surface area contributed by atoms with Crippen LogP contribution >= 0.6 is 0 Å². The number of nitrogens with one attached hydrogen (secondary N) is 1. The number of nitrogens with zero attached hydrogens (tertiary/aromatic N) is 1. The van der Waals surface area contributed by atoms with Crippen LogP contribution in [-0.2, 0) is 0 Å². The van der Waals surface area contributed by atoms with Gasteiger partial charge in [0.1, 0.15) is 29.6 Å². The van der Waals surface area contributed by atoms with Gasteiger partial charge in [-0.25, -0.2) is 4.99 Å². The third-order valence-corrected chi connectivity index (χ3v) is 3.23. The second-order valence-corrected chi connectivity index (χ2v) is 5.04.